The highest BCUT2D eigenvalue weighted by Gasteiger charge is 2.18. The zero-order valence-corrected chi connectivity index (χ0v) is 16.9. The number of nitrogens with zero attached hydrogens (tertiary/aromatic N) is 1. The first-order valence-corrected chi connectivity index (χ1v) is 9.72. The van der Waals surface area contributed by atoms with Crippen LogP contribution >= 0.6 is 12.2 Å². The maximum atomic E-state index is 12.6. The molecule has 146 valence electrons. The van der Waals surface area contributed by atoms with Gasteiger partial charge in [-0.3, -0.25) is 4.79 Å². The van der Waals surface area contributed by atoms with Crippen molar-refractivity contribution in [2.45, 2.75) is 20.4 Å². The molecule has 1 aromatic heterocycles. The summed E-state index contributed by atoms with van der Waals surface area (Å²) in [5, 5.41) is 4.60. The summed E-state index contributed by atoms with van der Waals surface area (Å²) in [7, 11) is 1.81. The van der Waals surface area contributed by atoms with Crippen LogP contribution in [0.15, 0.2) is 23.0 Å². The lowest BCUT2D eigenvalue weighted by molar-refractivity contribution is -0.895. The normalized spacial score (nSPS) is 12.6. The number of likely N-dealkylation sites (N-methyl/N-ethyl adjacent to an activating group) is 1. The zero-order chi connectivity index (χ0) is 19.4. The largest absolute Gasteiger partial charge is 0.454 e. The molecule has 0 bridgehead atoms. The lowest BCUT2D eigenvalue weighted by Gasteiger charge is -2.26. The first kappa shape index (κ1) is 19.4. The minimum absolute atomic E-state index is 0.111. The number of rotatable bonds is 7. The third-order valence-corrected chi connectivity index (χ3v) is 5.47. The minimum atomic E-state index is -0.111. The van der Waals surface area contributed by atoms with Gasteiger partial charge in [-0.2, -0.15) is 0 Å². The van der Waals surface area contributed by atoms with Gasteiger partial charge in [0.2, 0.25) is 6.79 Å². The van der Waals surface area contributed by atoms with E-state index in [9.17, 15) is 4.79 Å². The summed E-state index contributed by atoms with van der Waals surface area (Å²) in [6.07, 6.45) is 0. The van der Waals surface area contributed by atoms with Gasteiger partial charge in [-0.1, -0.05) is 0 Å². The van der Waals surface area contributed by atoms with Crippen molar-refractivity contribution in [1.29, 1.82) is 0 Å². The van der Waals surface area contributed by atoms with Crippen molar-refractivity contribution in [3.63, 3.8) is 0 Å². The first-order chi connectivity index (χ1) is 13.0. The number of quaternary nitrogens is 1. The van der Waals surface area contributed by atoms with E-state index in [2.05, 4.69) is 24.1 Å². The van der Waals surface area contributed by atoms with Crippen molar-refractivity contribution < 1.29 is 14.4 Å². The molecule has 0 fully saturated rings. The predicted molar refractivity (Wildman–Crippen MR) is 110 cm³/mol. The van der Waals surface area contributed by atoms with Crippen molar-refractivity contribution in [3.05, 3.63) is 34.1 Å². The van der Waals surface area contributed by atoms with Gasteiger partial charge in [-0.15, -0.1) is 0 Å². The van der Waals surface area contributed by atoms with Crippen molar-refractivity contribution in [2.75, 3.05) is 40.0 Å². The van der Waals surface area contributed by atoms with Crippen LogP contribution in [-0.4, -0.2) is 55.0 Å². The zero-order valence-electron chi connectivity index (χ0n) is 16.1. The van der Waals surface area contributed by atoms with Crippen LogP contribution in [0, 0.1) is 0 Å². The summed E-state index contributed by atoms with van der Waals surface area (Å²) in [5.41, 5.74) is 1.30. The van der Waals surface area contributed by atoms with E-state index >= 15 is 0 Å². The molecule has 0 aliphatic carbocycles. The van der Waals surface area contributed by atoms with Crippen molar-refractivity contribution in [3.8, 4) is 11.5 Å². The highest BCUT2D eigenvalue weighted by atomic mass is 32.1. The third-order valence-electron chi connectivity index (χ3n) is 5.01. The van der Waals surface area contributed by atoms with E-state index < -0.39 is 0 Å². The molecule has 1 aliphatic heterocycles. The molecule has 0 unspecified atom stereocenters. The summed E-state index contributed by atoms with van der Waals surface area (Å²) < 4.78 is 10.8. The van der Waals surface area contributed by atoms with Gasteiger partial charge in [-0.05, 0) is 38.2 Å². The molecule has 0 atom stereocenters. The molecule has 1 aromatic carbocycles. The average Bonchev–Trinajstić information content (AvgIpc) is 3.13. The number of nitrogens with one attached hydrogen (secondary N) is 3. The Morgan fingerprint density at radius 1 is 1.26 bits per heavy atom. The van der Waals surface area contributed by atoms with Gasteiger partial charge in [0.05, 0.1) is 38.2 Å². The van der Waals surface area contributed by atoms with Gasteiger partial charge in [0.1, 0.15) is 0 Å². The molecule has 1 aliphatic rings. The quantitative estimate of drug-likeness (QED) is 0.597. The Balaban J connectivity index is 1.85. The van der Waals surface area contributed by atoms with E-state index in [1.165, 1.54) is 4.90 Å². The van der Waals surface area contributed by atoms with E-state index in [0.29, 0.717) is 28.7 Å². The SMILES string of the molecule is CC[NH+](CC)CCN(Cc1cc2cc3c(cc2[nH]c1=O)OCO3)C(=S)NC. The smallest absolute Gasteiger partial charge is 0.253 e. The van der Waals surface area contributed by atoms with Crippen LogP contribution < -0.4 is 25.2 Å². The Morgan fingerprint density at radius 3 is 2.63 bits per heavy atom. The monoisotopic (exact) mass is 391 g/mol. The van der Waals surface area contributed by atoms with E-state index in [-0.39, 0.29) is 12.4 Å². The maximum absolute atomic E-state index is 12.6. The van der Waals surface area contributed by atoms with E-state index in [0.717, 1.165) is 37.1 Å². The van der Waals surface area contributed by atoms with Gasteiger partial charge >= 0.3 is 0 Å². The molecule has 0 radical (unpaired) electrons. The van der Waals surface area contributed by atoms with Crippen LogP contribution in [0.2, 0.25) is 0 Å². The van der Waals surface area contributed by atoms with Gasteiger partial charge in [0.15, 0.2) is 16.6 Å². The van der Waals surface area contributed by atoms with Gasteiger partial charge in [-0.25, -0.2) is 0 Å². The number of aromatic nitrogens is 1. The molecule has 0 spiro atoms. The highest BCUT2D eigenvalue weighted by Crippen LogP contribution is 2.35. The second kappa shape index (κ2) is 8.58. The number of benzene rings is 1. The number of thiocarbonyl (C=S) groups is 1. The molecule has 3 N–H and O–H groups in total. The molecular weight excluding hydrogens is 364 g/mol. The summed E-state index contributed by atoms with van der Waals surface area (Å²) >= 11 is 5.46. The summed E-state index contributed by atoms with van der Waals surface area (Å²) in [5.74, 6) is 1.36. The topological polar surface area (TPSA) is 71.0 Å². The molecule has 7 nitrogen and oxygen atoms in total. The van der Waals surface area contributed by atoms with Crippen LogP contribution in [0.4, 0.5) is 0 Å². The minimum Gasteiger partial charge on any atom is -0.454 e. The van der Waals surface area contributed by atoms with E-state index in [1.807, 2.05) is 30.1 Å². The highest BCUT2D eigenvalue weighted by molar-refractivity contribution is 7.80. The van der Waals surface area contributed by atoms with Gasteiger partial charge < -0.3 is 29.6 Å². The number of pyridine rings is 1. The van der Waals surface area contributed by atoms with Gasteiger partial charge in [0, 0.05) is 24.1 Å². The summed E-state index contributed by atoms with van der Waals surface area (Å²) in [6.45, 7) is 8.92. The number of hydrogen-bond donors (Lipinski definition) is 3. The molecule has 2 heterocycles. The standard InChI is InChI=1S/C19H26N4O3S/c1-4-22(5-2)6-7-23(19(27)20-3)11-14-8-13-9-16-17(26-12-25-16)10-15(13)21-18(14)24/h8-10H,4-7,11-12H2,1-3H3,(H,20,27)(H,21,24)/p+1. The molecule has 8 heteroatoms. The van der Waals surface area contributed by atoms with E-state index in [4.69, 9.17) is 21.7 Å². The Morgan fingerprint density at radius 2 is 1.96 bits per heavy atom. The number of ether oxygens (including phenoxy) is 2. The van der Waals surface area contributed by atoms with Crippen LogP contribution in [0.3, 0.4) is 0 Å². The fourth-order valence-corrected chi connectivity index (χ4v) is 3.43. The average molecular weight is 392 g/mol. The number of aromatic amines is 1. The molecule has 0 amide bonds. The van der Waals surface area contributed by atoms with Gasteiger partial charge in [0.25, 0.3) is 5.56 Å². The van der Waals surface area contributed by atoms with Crippen molar-refractivity contribution in [2.24, 2.45) is 0 Å². The number of hydrogen-bond acceptors (Lipinski definition) is 4. The summed E-state index contributed by atoms with van der Waals surface area (Å²) in [4.78, 5) is 19.1. The molecule has 0 saturated carbocycles. The fourth-order valence-electron chi connectivity index (χ4n) is 3.27. The van der Waals surface area contributed by atoms with Crippen molar-refractivity contribution in [1.82, 2.24) is 15.2 Å². The van der Waals surface area contributed by atoms with Crippen LogP contribution in [0.5, 0.6) is 11.5 Å². The Kier molecular flexibility index (Phi) is 6.18. The van der Waals surface area contributed by atoms with Crippen LogP contribution in [0.1, 0.15) is 19.4 Å². The molecule has 2 aromatic rings. The first-order valence-electron chi connectivity index (χ1n) is 9.31. The lowest BCUT2D eigenvalue weighted by Crippen LogP contribution is -3.12. The predicted octanol–water partition coefficient (Wildman–Crippen LogP) is 0.488. The van der Waals surface area contributed by atoms with Crippen LogP contribution in [-0.2, 0) is 6.54 Å². The van der Waals surface area contributed by atoms with E-state index in [1.54, 1.807) is 0 Å². The second-order valence-corrected chi connectivity index (χ2v) is 6.99. The summed E-state index contributed by atoms with van der Waals surface area (Å²) in [6, 6.07) is 5.62. The van der Waals surface area contributed by atoms with Crippen molar-refractivity contribution >= 4 is 28.2 Å². The second-order valence-electron chi connectivity index (χ2n) is 6.60. The Bertz CT molecular complexity index is 879. The molecule has 27 heavy (non-hydrogen) atoms. The molecule has 3 rings (SSSR count). The van der Waals surface area contributed by atoms with Crippen LogP contribution in [0.25, 0.3) is 10.9 Å². The Labute approximate surface area is 164 Å². The molecule has 0 saturated heterocycles. The lowest BCUT2D eigenvalue weighted by atomic mass is 10.1. The Hall–Kier alpha value is -2.32. The fraction of sp³-hybridized carbons (Fsp3) is 0.474. The third kappa shape index (κ3) is 4.33. The number of fused-ring (bicyclic) bond motifs is 2. The molecular formula is C19H27N4O3S+. The maximum Gasteiger partial charge on any atom is 0.253 e. The number of H-pyrrole nitrogens is 1.